The van der Waals surface area contributed by atoms with Crippen LogP contribution in [0, 0.1) is 23.7 Å². The molecule has 0 saturated carbocycles. The minimum absolute atomic E-state index is 0.0238. The smallest absolute Gasteiger partial charge is 0.161 e. The standard InChI is InChI=1S/C23H23N7/c1-17-26-27-22-8-7-19-21(30(17)22)13-20(18-14-28(16-25-18)12-6-11-24)29(19)15-23(2)9-4-3-5-10-23/h3-5,7-9,13-14,16H,6,10,12,15H2,1-2H3. The molecule has 4 heterocycles. The number of aromatic nitrogens is 6. The lowest BCUT2D eigenvalue weighted by atomic mass is 9.83. The molecule has 0 bridgehead atoms. The van der Waals surface area contributed by atoms with Crippen LogP contribution in [0.1, 0.15) is 25.6 Å². The number of allylic oxidation sites excluding steroid dienone is 4. The molecule has 0 amide bonds. The van der Waals surface area contributed by atoms with E-state index in [-0.39, 0.29) is 5.41 Å². The molecule has 0 N–H and O–H groups in total. The summed E-state index contributed by atoms with van der Waals surface area (Å²) in [7, 11) is 0. The summed E-state index contributed by atoms with van der Waals surface area (Å²) in [6.45, 7) is 5.74. The minimum atomic E-state index is 0.0238. The highest BCUT2D eigenvalue weighted by Gasteiger charge is 2.25. The zero-order valence-corrected chi connectivity index (χ0v) is 17.2. The molecule has 30 heavy (non-hydrogen) atoms. The summed E-state index contributed by atoms with van der Waals surface area (Å²) in [5, 5.41) is 17.4. The predicted octanol–water partition coefficient (Wildman–Crippen LogP) is 4.29. The molecule has 1 atom stereocenters. The lowest BCUT2D eigenvalue weighted by Gasteiger charge is -2.28. The molecule has 1 unspecified atom stereocenters. The van der Waals surface area contributed by atoms with Crippen LogP contribution < -0.4 is 0 Å². The van der Waals surface area contributed by atoms with Crippen molar-refractivity contribution in [1.82, 2.24) is 28.7 Å². The first-order valence-electron chi connectivity index (χ1n) is 10.2. The number of nitriles is 1. The molecule has 0 aromatic carbocycles. The molecular weight excluding hydrogens is 374 g/mol. The predicted molar refractivity (Wildman–Crippen MR) is 116 cm³/mol. The van der Waals surface area contributed by atoms with Crippen LogP contribution in [0.2, 0.25) is 0 Å². The summed E-state index contributed by atoms with van der Waals surface area (Å²) in [4.78, 5) is 4.66. The maximum Gasteiger partial charge on any atom is 0.161 e. The third-order valence-electron chi connectivity index (χ3n) is 5.83. The summed E-state index contributed by atoms with van der Waals surface area (Å²) < 4.78 is 6.43. The highest BCUT2D eigenvalue weighted by Crippen LogP contribution is 2.35. The zero-order chi connectivity index (χ0) is 20.7. The third kappa shape index (κ3) is 3.01. The fraction of sp³-hybridized carbons (Fsp3) is 0.304. The van der Waals surface area contributed by atoms with Gasteiger partial charge in [-0.05, 0) is 31.5 Å². The average Bonchev–Trinajstić information content (AvgIpc) is 3.44. The van der Waals surface area contributed by atoms with Gasteiger partial charge in [0.2, 0.25) is 0 Å². The Balaban J connectivity index is 1.69. The van der Waals surface area contributed by atoms with Crippen molar-refractivity contribution in [3.05, 3.63) is 60.9 Å². The first-order chi connectivity index (χ1) is 14.6. The van der Waals surface area contributed by atoms with Crippen LogP contribution in [0.3, 0.4) is 0 Å². The highest BCUT2D eigenvalue weighted by molar-refractivity contribution is 5.86. The van der Waals surface area contributed by atoms with E-state index in [2.05, 4.69) is 73.6 Å². The molecule has 0 aliphatic heterocycles. The molecule has 5 rings (SSSR count). The van der Waals surface area contributed by atoms with E-state index in [9.17, 15) is 0 Å². The average molecular weight is 397 g/mol. The largest absolute Gasteiger partial charge is 0.337 e. The Morgan fingerprint density at radius 2 is 2.10 bits per heavy atom. The Morgan fingerprint density at radius 3 is 2.90 bits per heavy atom. The second-order valence-electron chi connectivity index (χ2n) is 8.21. The van der Waals surface area contributed by atoms with Gasteiger partial charge in [-0.3, -0.25) is 4.40 Å². The lowest BCUT2D eigenvalue weighted by molar-refractivity contribution is 0.366. The first kappa shape index (κ1) is 18.4. The lowest BCUT2D eigenvalue weighted by Crippen LogP contribution is -2.22. The van der Waals surface area contributed by atoms with Crippen molar-refractivity contribution in [2.45, 2.75) is 39.8 Å². The van der Waals surface area contributed by atoms with Gasteiger partial charge >= 0.3 is 0 Å². The summed E-state index contributed by atoms with van der Waals surface area (Å²) in [5.41, 5.74) is 5.05. The van der Waals surface area contributed by atoms with Gasteiger partial charge in [-0.25, -0.2) is 4.98 Å². The number of rotatable bonds is 5. The minimum Gasteiger partial charge on any atom is -0.337 e. The molecule has 1 aliphatic rings. The van der Waals surface area contributed by atoms with E-state index in [1.165, 1.54) is 0 Å². The van der Waals surface area contributed by atoms with Crippen LogP contribution >= 0.6 is 0 Å². The Kier molecular flexibility index (Phi) is 4.28. The van der Waals surface area contributed by atoms with Gasteiger partial charge in [0.05, 0.1) is 35.5 Å². The van der Waals surface area contributed by atoms with Crippen LogP contribution in [0.4, 0.5) is 0 Å². The Bertz CT molecular complexity index is 1340. The molecule has 0 saturated heterocycles. The van der Waals surface area contributed by atoms with Crippen molar-refractivity contribution in [2.24, 2.45) is 5.41 Å². The normalized spacial score (nSPS) is 18.4. The van der Waals surface area contributed by atoms with Gasteiger partial charge in [0.1, 0.15) is 11.5 Å². The van der Waals surface area contributed by atoms with Crippen molar-refractivity contribution >= 4 is 16.7 Å². The topological polar surface area (TPSA) is 76.7 Å². The second kappa shape index (κ2) is 6.99. The number of fused-ring (bicyclic) bond motifs is 3. The van der Waals surface area contributed by atoms with Gasteiger partial charge in [-0.15, -0.1) is 10.2 Å². The SMILES string of the molecule is Cc1nnc2ccc3c(cc(-c4cn(CCC#N)cn4)n3CC3(C)C=CC=CC3)n12. The molecule has 150 valence electrons. The summed E-state index contributed by atoms with van der Waals surface area (Å²) in [6, 6.07) is 8.52. The van der Waals surface area contributed by atoms with Gasteiger partial charge in [-0.1, -0.05) is 31.2 Å². The van der Waals surface area contributed by atoms with E-state index < -0.39 is 0 Å². The quantitative estimate of drug-likeness (QED) is 0.503. The number of pyridine rings is 1. The van der Waals surface area contributed by atoms with Gasteiger partial charge in [0.25, 0.3) is 0 Å². The van der Waals surface area contributed by atoms with E-state index in [0.29, 0.717) is 13.0 Å². The molecule has 0 fully saturated rings. The summed E-state index contributed by atoms with van der Waals surface area (Å²) >= 11 is 0. The first-order valence-corrected chi connectivity index (χ1v) is 10.2. The van der Waals surface area contributed by atoms with Crippen LogP contribution in [-0.4, -0.2) is 28.7 Å². The molecule has 0 radical (unpaired) electrons. The fourth-order valence-electron chi connectivity index (χ4n) is 4.27. The van der Waals surface area contributed by atoms with E-state index >= 15 is 0 Å². The molecule has 0 spiro atoms. The van der Waals surface area contributed by atoms with Gasteiger partial charge < -0.3 is 9.13 Å². The van der Waals surface area contributed by atoms with E-state index in [0.717, 1.165) is 46.9 Å². The Labute approximate surface area is 174 Å². The van der Waals surface area contributed by atoms with Crippen LogP contribution in [0.25, 0.3) is 28.1 Å². The molecule has 7 nitrogen and oxygen atoms in total. The second-order valence-corrected chi connectivity index (χ2v) is 8.21. The number of imidazole rings is 1. The number of aryl methyl sites for hydroxylation is 2. The highest BCUT2D eigenvalue weighted by atomic mass is 15.2. The van der Waals surface area contributed by atoms with E-state index in [4.69, 9.17) is 5.26 Å². The van der Waals surface area contributed by atoms with E-state index in [1.807, 2.05) is 23.8 Å². The fourth-order valence-corrected chi connectivity index (χ4v) is 4.27. The zero-order valence-electron chi connectivity index (χ0n) is 17.2. The van der Waals surface area contributed by atoms with Crippen molar-refractivity contribution in [1.29, 1.82) is 5.26 Å². The molecule has 7 heteroatoms. The molecule has 1 aliphatic carbocycles. The number of hydrogen-bond donors (Lipinski definition) is 0. The van der Waals surface area contributed by atoms with Crippen molar-refractivity contribution in [3.63, 3.8) is 0 Å². The molecular formula is C23H23N7. The van der Waals surface area contributed by atoms with Gasteiger partial charge in [0.15, 0.2) is 5.65 Å². The van der Waals surface area contributed by atoms with Crippen molar-refractivity contribution < 1.29 is 0 Å². The Hall–Kier alpha value is -3.66. The number of nitrogens with zero attached hydrogens (tertiary/aromatic N) is 7. The maximum absolute atomic E-state index is 8.89. The van der Waals surface area contributed by atoms with Crippen LogP contribution in [-0.2, 0) is 13.1 Å². The van der Waals surface area contributed by atoms with Crippen LogP contribution in [0.5, 0.6) is 0 Å². The van der Waals surface area contributed by atoms with Gasteiger partial charge in [0, 0.05) is 24.7 Å². The third-order valence-corrected chi connectivity index (χ3v) is 5.83. The van der Waals surface area contributed by atoms with Crippen LogP contribution in [0.15, 0.2) is 55.0 Å². The number of hydrogen-bond acceptors (Lipinski definition) is 4. The molecule has 4 aromatic heterocycles. The van der Waals surface area contributed by atoms with Crippen molar-refractivity contribution in [3.8, 4) is 17.5 Å². The maximum atomic E-state index is 8.89. The van der Waals surface area contributed by atoms with E-state index in [1.54, 1.807) is 6.33 Å². The van der Waals surface area contributed by atoms with Gasteiger partial charge in [-0.2, -0.15) is 5.26 Å². The molecule has 4 aromatic rings. The summed E-state index contributed by atoms with van der Waals surface area (Å²) in [5.74, 6) is 0.866. The Morgan fingerprint density at radius 1 is 1.20 bits per heavy atom. The monoisotopic (exact) mass is 397 g/mol. The van der Waals surface area contributed by atoms with Crippen molar-refractivity contribution in [2.75, 3.05) is 0 Å². The summed E-state index contributed by atoms with van der Waals surface area (Å²) in [6.07, 6.45) is 14.0.